The van der Waals surface area contributed by atoms with Gasteiger partial charge in [-0.25, -0.2) is 0 Å². The van der Waals surface area contributed by atoms with Crippen LogP contribution in [0.5, 0.6) is 0 Å². The van der Waals surface area contributed by atoms with Crippen molar-refractivity contribution in [1.29, 1.82) is 0 Å². The molecule has 0 aromatic rings. The van der Waals surface area contributed by atoms with Crippen LogP contribution in [-0.2, 0) is 0 Å². The third-order valence-corrected chi connectivity index (χ3v) is 3.01. The van der Waals surface area contributed by atoms with Crippen molar-refractivity contribution in [2.45, 2.75) is 57.4 Å². The summed E-state index contributed by atoms with van der Waals surface area (Å²) in [6, 6.07) is 0.399. The van der Waals surface area contributed by atoms with Crippen molar-refractivity contribution in [3.05, 3.63) is 0 Å². The van der Waals surface area contributed by atoms with Crippen molar-refractivity contribution in [2.75, 3.05) is 0 Å². The Morgan fingerprint density at radius 1 is 1.38 bits per heavy atom. The Bertz CT molecular complexity index is 162. The van der Waals surface area contributed by atoms with Crippen molar-refractivity contribution in [3.8, 4) is 12.3 Å². The number of hydrogen-bond acceptors (Lipinski definition) is 1. The summed E-state index contributed by atoms with van der Waals surface area (Å²) in [6.07, 6.45) is 15.2. The molecular formula is C12H21N. The summed E-state index contributed by atoms with van der Waals surface area (Å²) in [6.45, 7) is 0. The maximum absolute atomic E-state index is 6.03. The second-order valence-corrected chi connectivity index (χ2v) is 4.24. The molecule has 0 spiro atoms. The molecule has 0 aromatic heterocycles. The average Bonchev–Trinajstić information content (AvgIpc) is 2.57. The van der Waals surface area contributed by atoms with Gasteiger partial charge in [0.25, 0.3) is 0 Å². The molecule has 0 bridgehead atoms. The van der Waals surface area contributed by atoms with Crippen molar-refractivity contribution in [2.24, 2.45) is 11.7 Å². The maximum atomic E-state index is 6.03. The van der Waals surface area contributed by atoms with Crippen LogP contribution in [0.4, 0.5) is 0 Å². The Morgan fingerprint density at radius 2 is 2.08 bits per heavy atom. The zero-order chi connectivity index (χ0) is 9.52. The largest absolute Gasteiger partial charge is 0.328 e. The van der Waals surface area contributed by atoms with Gasteiger partial charge in [-0.15, -0.1) is 12.3 Å². The maximum Gasteiger partial charge on any atom is 0.00866 e. The van der Waals surface area contributed by atoms with Gasteiger partial charge in [0.05, 0.1) is 0 Å². The smallest absolute Gasteiger partial charge is 0.00866 e. The van der Waals surface area contributed by atoms with E-state index >= 15 is 0 Å². The first-order chi connectivity index (χ1) is 6.33. The van der Waals surface area contributed by atoms with E-state index in [1.807, 2.05) is 0 Å². The second-order valence-electron chi connectivity index (χ2n) is 4.24. The fourth-order valence-corrected chi connectivity index (χ4v) is 2.26. The van der Waals surface area contributed by atoms with Crippen LogP contribution >= 0.6 is 0 Å². The van der Waals surface area contributed by atoms with E-state index in [1.165, 1.54) is 32.1 Å². The monoisotopic (exact) mass is 179 g/mol. The highest BCUT2D eigenvalue weighted by molar-refractivity contribution is 4.84. The first-order valence-electron chi connectivity index (χ1n) is 5.52. The fourth-order valence-electron chi connectivity index (χ4n) is 2.26. The van der Waals surface area contributed by atoms with Gasteiger partial charge in [0.2, 0.25) is 0 Å². The van der Waals surface area contributed by atoms with Crippen molar-refractivity contribution in [1.82, 2.24) is 0 Å². The van der Waals surface area contributed by atoms with E-state index in [2.05, 4.69) is 5.92 Å². The Morgan fingerprint density at radius 3 is 2.69 bits per heavy atom. The van der Waals surface area contributed by atoms with Gasteiger partial charge in [-0.05, 0) is 25.2 Å². The highest BCUT2D eigenvalue weighted by Gasteiger charge is 2.17. The van der Waals surface area contributed by atoms with Crippen LogP contribution in [0, 0.1) is 18.3 Å². The van der Waals surface area contributed by atoms with E-state index in [0.29, 0.717) is 6.04 Å². The van der Waals surface area contributed by atoms with E-state index in [9.17, 15) is 0 Å². The minimum Gasteiger partial charge on any atom is -0.328 e. The van der Waals surface area contributed by atoms with Crippen molar-refractivity contribution in [3.63, 3.8) is 0 Å². The predicted molar refractivity (Wildman–Crippen MR) is 57.2 cm³/mol. The van der Waals surface area contributed by atoms with E-state index < -0.39 is 0 Å². The van der Waals surface area contributed by atoms with Gasteiger partial charge in [0, 0.05) is 12.5 Å². The van der Waals surface area contributed by atoms with E-state index in [-0.39, 0.29) is 0 Å². The number of terminal acetylenes is 1. The number of unbranched alkanes of at least 4 members (excludes halogenated alkanes) is 1. The molecule has 0 amide bonds. The number of hydrogen-bond donors (Lipinski definition) is 1. The highest BCUT2D eigenvalue weighted by Crippen LogP contribution is 2.28. The van der Waals surface area contributed by atoms with Crippen LogP contribution in [0.2, 0.25) is 0 Å². The summed E-state index contributed by atoms with van der Waals surface area (Å²) in [4.78, 5) is 0. The topological polar surface area (TPSA) is 26.0 Å². The molecule has 0 radical (unpaired) electrons. The third kappa shape index (κ3) is 4.33. The van der Waals surface area contributed by atoms with Crippen LogP contribution in [0.25, 0.3) is 0 Å². The Hall–Kier alpha value is -0.480. The first-order valence-corrected chi connectivity index (χ1v) is 5.52. The molecule has 0 heterocycles. The molecular weight excluding hydrogens is 158 g/mol. The fraction of sp³-hybridized carbons (Fsp3) is 0.833. The van der Waals surface area contributed by atoms with Crippen LogP contribution in [0.3, 0.4) is 0 Å². The van der Waals surface area contributed by atoms with E-state index in [4.69, 9.17) is 12.2 Å². The standard InChI is InChI=1S/C12H21N/c1-2-3-4-9-12(13)10-11-7-5-6-8-11/h1,11-12H,3-10,13H2. The molecule has 1 saturated carbocycles. The zero-order valence-corrected chi connectivity index (χ0v) is 8.47. The lowest BCUT2D eigenvalue weighted by Gasteiger charge is -2.15. The molecule has 1 aliphatic carbocycles. The van der Waals surface area contributed by atoms with Gasteiger partial charge in [-0.3, -0.25) is 0 Å². The molecule has 0 aromatic carbocycles. The summed E-state index contributed by atoms with van der Waals surface area (Å²) in [5, 5.41) is 0. The first kappa shape index (κ1) is 10.6. The van der Waals surface area contributed by atoms with Crippen molar-refractivity contribution >= 4 is 0 Å². The quantitative estimate of drug-likeness (QED) is 0.509. The molecule has 1 nitrogen and oxygen atoms in total. The summed E-state index contributed by atoms with van der Waals surface area (Å²) in [5.41, 5.74) is 6.03. The van der Waals surface area contributed by atoms with Crippen LogP contribution in [-0.4, -0.2) is 6.04 Å². The lowest BCUT2D eigenvalue weighted by atomic mass is 9.96. The molecule has 1 heteroatoms. The Labute approximate surface area is 82.1 Å². The normalized spacial score (nSPS) is 20.0. The van der Waals surface area contributed by atoms with Gasteiger partial charge < -0.3 is 5.73 Å². The Balaban J connectivity index is 2.03. The molecule has 1 aliphatic rings. The molecule has 13 heavy (non-hydrogen) atoms. The summed E-state index contributed by atoms with van der Waals surface area (Å²) in [5.74, 6) is 3.58. The number of nitrogens with two attached hydrogens (primary N) is 1. The molecule has 1 atom stereocenters. The second kappa shape index (κ2) is 6.05. The van der Waals surface area contributed by atoms with E-state index in [0.717, 1.165) is 25.2 Å². The molecule has 0 aliphatic heterocycles. The van der Waals surface area contributed by atoms with Crippen LogP contribution < -0.4 is 5.73 Å². The molecule has 1 fully saturated rings. The molecule has 1 rings (SSSR count). The predicted octanol–water partition coefficient (Wildman–Crippen LogP) is 2.70. The minimum atomic E-state index is 0.399. The molecule has 0 saturated heterocycles. The minimum absolute atomic E-state index is 0.399. The number of rotatable bonds is 5. The van der Waals surface area contributed by atoms with Gasteiger partial charge in [0.15, 0.2) is 0 Å². The SMILES string of the molecule is C#CCCCC(N)CC1CCCC1. The molecule has 74 valence electrons. The average molecular weight is 179 g/mol. The van der Waals surface area contributed by atoms with Gasteiger partial charge in [0.1, 0.15) is 0 Å². The van der Waals surface area contributed by atoms with Crippen LogP contribution in [0.15, 0.2) is 0 Å². The Kier molecular flexibility index (Phi) is 4.93. The summed E-state index contributed by atoms with van der Waals surface area (Å²) >= 11 is 0. The third-order valence-electron chi connectivity index (χ3n) is 3.01. The summed E-state index contributed by atoms with van der Waals surface area (Å²) < 4.78 is 0. The van der Waals surface area contributed by atoms with Gasteiger partial charge in [-0.1, -0.05) is 25.7 Å². The molecule has 1 unspecified atom stereocenters. The lowest BCUT2D eigenvalue weighted by molar-refractivity contribution is 0.422. The lowest BCUT2D eigenvalue weighted by Crippen LogP contribution is -2.22. The van der Waals surface area contributed by atoms with Crippen LogP contribution in [0.1, 0.15) is 51.4 Å². The highest BCUT2D eigenvalue weighted by atomic mass is 14.6. The summed E-state index contributed by atoms with van der Waals surface area (Å²) in [7, 11) is 0. The van der Waals surface area contributed by atoms with Gasteiger partial charge in [-0.2, -0.15) is 0 Å². The zero-order valence-electron chi connectivity index (χ0n) is 8.47. The molecule has 2 N–H and O–H groups in total. The van der Waals surface area contributed by atoms with Gasteiger partial charge >= 0.3 is 0 Å². The van der Waals surface area contributed by atoms with E-state index in [1.54, 1.807) is 0 Å². The van der Waals surface area contributed by atoms with Crippen molar-refractivity contribution < 1.29 is 0 Å².